The number of ether oxygens (including phenoxy) is 1. The molecule has 1 aromatic heterocycles. The molecule has 5 nitrogen and oxygen atoms in total. The molecule has 0 bridgehead atoms. The highest BCUT2D eigenvalue weighted by Gasteiger charge is 2.16. The zero-order valence-electron chi connectivity index (χ0n) is 11.1. The number of aromatic carboxylic acids is 1. The number of pyridine rings is 1. The molecule has 5 heteroatoms. The number of nitrogens with zero attached hydrogens (tertiary/aromatic N) is 1. The van der Waals surface area contributed by atoms with Gasteiger partial charge in [0.2, 0.25) is 0 Å². The molecule has 1 saturated heterocycles. The van der Waals surface area contributed by atoms with Gasteiger partial charge in [0.25, 0.3) is 5.56 Å². The van der Waals surface area contributed by atoms with Gasteiger partial charge in [-0.3, -0.25) is 4.79 Å². The fourth-order valence-corrected chi connectivity index (χ4v) is 2.46. The SMILES string of the molecule is Cc1ccc(C(=O)O)c(=O)n1CCCC1CCCO1. The van der Waals surface area contributed by atoms with E-state index < -0.39 is 11.5 Å². The first-order valence-electron chi connectivity index (χ1n) is 6.65. The highest BCUT2D eigenvalue weighted by atomic mass is 16.5. The Morgan fingerprint density at radius 3 is 2.95 bits per heavy atom. The van der Waals surface area contributed by atoms with Gasteiger partial charge in [-0.2, -0.15) is 0 Å². The Labute approximate surface area is 111 Å². The van der Waals surface area contributed by atoms with Gasteiger partial charge in [0.15, 0.2) is 0 Å². The van der Waals surface area contributed by atoms with Crippen molar-refractivity contribution in [1.82, 2.24) is 4.57 Å². The van der Waals surface area contributed by atoms with Crippen LogP contribution in [0.5, 0.6) is 0 Å². The first-order chi connectivity index (χ1) is 9.09. The van der Waals surface area contributed by atoms with E-state index in [0.29, 0.717) is 12.6 Å². The largest absolute Gasteiger partial charge is 0.477 e. The van der Waals surface area contributed by atoms with Crippen LogP contribution >= 0.6 is 0 Å². The minimum absolute atomic E-state index is 0.164. The molecule has 1 fully saturated rings. The van der Waals surface area contributed by atoms with Gasteiger partial charge in [0.1, 0.15) is 5.56 Å². The molecule has 0 aromatic carbocycles. The molecule has 2 heterocycles. The quantitative estimate of drug-likeness (QED) is 0.881. The third-order valence-electron chi connectivity index (χ3n) is 3.55. The van der Waals surface area contributed by atoms with Gasteiger partial charge < -0.3 is 14.4 Å². The second-order valence-corrected chi connectivity index (χ2v) is 4.93. The highest BCUT2D eigenvalue weighted by Crippen LogP contribution is 2.17. The smallest absolute Gasteiger partial charge is 0.341 e. The van der Waals surface area contributed by atoms with E-state index >= 15 is 0 Å². The van der Waals surface area contributed by atoms with Gasteiger partial charge >= 0.3 is 5.97 Å². The van der Waals surface area contributed by atoms with E-state index in [1.165, 1.54) is 6.07 Å². The van der Waals surface area contributed by atoms with Gasteiger partial charge in [0.05, 0.1) is 6.10 Å². The lowest BCUT2D eigenvalue weighted by Crippen LogP contribution is -2.28. The molecule has 0 spiro atoms. The molecule has 1 aromatic rings. The topological polar surface area (TPSA) is 68.5 Å². The minimum Gasteiger partial charge on any atom is -0.477 e. The summed E-state index contributed by atoms with van der Waals surface area (Å²) >= 11 is 0. The van der Waals surface area contributed by atoms with Crippen LogP contribution in [0, 0.1) is 6.92 Å². The van der Waals surface area contributed by atoms with Crippen molar-refractivity contribution in [3.05, 3.63) is 33.7 Å². The molecule has 1 N–H and O–H groups in total. The molecule has 1 aliphatic rings. The average Bonchev–Trinajstić information content (AvgIpc) is 2.86. The Kier molecular flexibility index (Phi) is 4.37. The monoisotopic (exact) mass is 265 g/mol. The Bertz CT molecular complexity index is 515. The van der Waals surface area contributed by atoms with Crippen molar-refractivity contribution in [1.29, 1.82) is 0 Å². The predicted molar refractivity (Wildman–Crippen MR) is 70.6 cm³/mol. The zero-order valence-corrected chi connectivity index (χ0v) is 11.1. The molecular weight excluding hydrogens is 246 g/mol. The van der Waals surface area contributed by atoms with Crippen LogP contribution in [-0.2, 0) is 11.3 Å². The molecule has 2 rings (SSSR count). The van der Waals surface area contributed by atoms with Gasteiger partial charge in [-0.1, -0.05) is 0 Å². The highest BCUT2D eigenvalue weighted by molar-refractivity contribution is 5.87. The summed E-state index contributed by atoms with van der Waals surface area (Å²) in [6.07, 6.45) is 4.25. The standard InChI is InChI=1S/C14H19NO4/c1-10-6-7-12(14(17)18)13(16)15(10)8-2-4-11-5-3-9-19-11/h6-7,11H,2-5,8-9H2,1H3,(H,17,18). The maximum atomic E-state index is 12.0. The van der Waals surface area contributed by atoms with Crippen LogP contribution in [0.4, 0.5) is 0 Å². The predicted octanol–water partition coefficient (Wildman–Crippen LogP) is 1.81. The first-order valence-corrected chi connectivity index (χ1v) is 6.65. The summed E-state index contributed by atoms with van der Waals surface area (Å²) in [6.45, 7) is 3.20. The molecular formula is C14H19NO4. The van der Waals surface area contributed by atoms with E-state index in [0.717, 1.165) is 38.0 Å². The van der Waals surface area contributed by atoms with Crippen molar-refractivity contribution in [2.45, 2.75) is 45.3 Å². The molecule has 1 atom stereocenters. The number of rotatable bonds is 5. The summed E-state index contributed by atoms with van der Waals surface area (Å²) in [5, 5.41) is 8.95. The van der Waals surface area contributed by atoms with Gasteiger partial charge in [-0.15, -0.1) is 0 Å². The van der Waals surface area contributed by atoms with Crippen molar-refractivity contribution in [2.75, 3.05) is 6.61 Å². The molecule has 0 amide bonds. The van der Waals surface area contributed by atoms with Crippen LogP contribution in [0.2, 0.25) is 0 Å². The maximum Gasteiger partial charge on any atom is 0.341 e. The fraction of sp³-hybridized carbons (Fsp3) is 0.571. The maximum absolute atomic E-state index is 12.0. The van der Waals surface area contributed by atoms with Gasteiger partial charge in [0, 0.05) is 18.8 Å². The third-order valence-corrected chi connectivity index (χ3v) is 3.55. The second kappa shape index (κ2) is 6.02. The van der Waals surface area contributed by atoms with Crippen LogP contribution in [-0.4, -0.2) is 28.4 Å². The fourth-order valence-electron chi connectivity index (χ4n) is 2.46. The number of carboxylic acids is 1. The number of hydrogen-bond acceptors (Lipinski definition) is 3. The van der Waals surface area contributed by atoms with E-state index in [1.807, 2.05) is 6.92 Å². The summed E-state index contributed by atoms with van der Waals surface area (Å²) in [4.78, 5) is 22.9. The Morgan fingerprint density at radius 2 is 2.32 bits per heavy atom. The molecule has 0 radical (unpaired) electrons. The third kappa shape index (κ3) is 3.23. The van der Waals surface area contributed by atoms with Crippen LogP contribution < -0.4 is 5.56 Å². The Hall–Kier alpha value is -1.62. The van der Waals surface area contributed by atoms with Crippen molar-refractivity contribution < 1.29 is 14.6 Å². The first kappa shape index (κ1) is 13.8. The molecule has 0 saturated carbocycles. The summed E-state index contributed by atoms with van der Waals surface area (Å²) in [6, 6.07) is 3.05. The molecule has 104 valence electrons. The van der Waals surface area contributed by atoms with Gasteiger partial charge in [-0.05, 0) is 44.7 Å². The normalized spacial score (nSPS) is 18.7. The number of carbonyl (C=O) groups is 1. The summed E-state index contributed by atoms with van der Waals surface area (Å²) in [7, 11) is 0. The average molecular weight is 265 g/mol. The second-order valence-electron chi connectivity index (χ2n) is 4.93. The molecule has 1 aliphatic heterocycles. The van der Waals surface area contributed by atoms with Crippen molar-refractivity contribution in [3.8, 4) is 0 Å². The molecule has 1 unspecified atom stereocenters. The zero-order chi connectivity index (χ0) is 13.8. The molecule has 0 aliphatic carbocycles. The van der Waals surface area contributed by atoms with E-state index in [2.05, 4.69) is 0 Å². The van der Waals surface area contributed by atoms with Crippen molar-refractivity contribution >= 4 is 5.97 Å². The lowest BCUT2D eigenvalue weighted by atomic mass is 10.1. The van der Waals surface area contributed by atoms with Crippen molar-refractivity contribution in [3.63, 3.8) is 0 Å². The van der Waals surface area contributed by atoms with Crippen LogP contribution in [0.3, 0.4) is 0 Å². The number of hydrogen-bond donors (Lipinski definition) is 1. The van der Waals surface area contributed by atoms with E-state index in [4.69, 9.17) is 9.84 Å². The van der Waals surface area contributed by atoms with Crippen LogP contribution in [0.15, 0.2) is 16.9 Å². The number of aryl methyl sites for hydroxylation is 1. The summed E-state index contributed by atoms with van der Waals surface area (Å²) in [5.41, 5.74) is 0.213. The van der Waals surface area contributed by atoms with Crippen molar-refractivity contribution in [2.24, 2.45) is 0 Å². The number of aromatic nitrogens is 1. The van der Waals surface area contributed by atoms with Crippen LogP contribution in [0.1, 0.15) is 41.7 Å². The van der Waals surface area contributed by atoms with E-state index in [-0.39, 0.29) is 5.56 Å². The number of carboxylic acid groups (broad SMARTS) is 1. The minimum atomic E-state index is -1.17. The lowest BCUT2D eigenvalue weighted by molar-refractivity contribution is 0.0693. The molecule has 19 heavy (non-hydrogen) atoms. The summed E-state index contributed by atoms with van der Waals surface area (Å²) < 4.78 is 7.07. The van der Waals surface area contributed by atoms with Gasteiger partial charge in [-0.25, -0.2) is 4.79 Å². The van der Waals surface area contributed by atoms with Crippen LogP contribution in [0.25, 0.3) is 0 Å². The Morgan fingerprint density at radius 1 is 1.53 bits per heavy atom. The summed E-state index contributed by atoms with van der Waals surface area (Å²) in [5.74, 6) is -1.17. The lowest BCUT2D eigenvalue weighted by Gasteiger charge is -2.13. The van der Waals surface area contributed by atoms with E-state index in [1.54, 1.807) is 10.6 Å². The Balaban J connectivity index is 2.04. The van der Waals surface area contributed by atoms with E-state index in [9.17, 15) is 9.59 Å².